The molecule has 1 aromatic rings. The summed E-state index contributed by atoms with van der Waals surface area (Å²) in [5.41, 5.74) is -0.0365. The van der Waals surface area contributed by atoms with Crippen molar-refractivity contribution < 1.29 is 14.3 Å². The van der Waals surface area contributed by atoms with E-state index in [1.807, 2.05) is 13.8 Å². The summed E-state index contributed by atoms with van der Waals surface area (Å²) in [5, 5.41) is 0. The van der Waals surface area contributed by atoms with Gasteiger partial charge >= 0.3 is 0 Å². The number of hydrogen-bond donors (Lipinski definition) is 0. The number of ether oxygens (including phenoxy) is 2. The van der Waals surface area contributed by atoms with Gasteiger partial charge in [-0.05, 0) is 37.1 Å². The molecule has 1 rings (SSSR count). The highest BCUT2D eigenvalue weighted by atomic mass is 16.5. The summed E-state index contributed by atoms with van der Waals surface area (Å²) in [6.07, 6.45) is 1.34. The second-order valence-electron chi connectivity index (χ2n) is 3.96. The summed E-state index contributed by atoms with van der Waals surface area (Å²) in [5.74, 6) is 0.783. The highest BCUT2D eigenvalue weighted by Gasteiger charge is 2.35. The number of benzene rings is 1. The molecule has 0 N–H and O–H groups in total. The third-order valence-electron chi connectivity index (χ3n) is 3.30. The molecule has 0 amide bonds. The number of carbonyl (C=O) groups excluding carboxylic acids is 1. The molecule has 0 fully saturated rings. The molecule has 0 bridgehead atoms. The van der Waals surface area contributed by atoms with E-state index in [1.165, 1.54) is 0 Å². The number of Topliss-reactive ketones (excluding diaryl/α,β-unsaturated/α-hetero) is 1. The molecule has 3 nitrogen and oxygen atoms in total. The Morgan fingerprint density at radius 3 is 2.00 bits per heavy atom. The van der Waals surface area contributed by atoms with Crippen LogP contribution in [0.1, 0.15) is 37.0 Å². The summed E-state index contributed by atoms with van der Waals surface area (Å²) >= 11 is 0. The molecule has 0 radical (unpaired) electrons. The van der Waals surface area contributed by atoms with Gasteiger partial charge in [-0.25, -0.2) is 0 Å². The van der Waals surface area contributed by atoms with E-state index in [-0.39, 0.29) is 5.78 Å². The number of rotatable bonds is 6. The molecule has 0 spiro atoms. The summed E-state index contributed by atoms with van der Waals surface area (Å²) in [7, 11) is 3.20. The van der Waals surface area contributed by atoms with Crippen LogP contribution < -0.4 is 4.74 Å². The Morgan fingerprint density at radius 2 is 1.65 bits per heavy atom. The molecule has 0 atom stereocenters. The predicted molar refractivity (Wildman–Crippen MR) is 67.6 cm³/mol. The van der Waals surface area contributed by atoms with Crippen LogP contribution in [0.3, 0.4) is 0 Å². The lowest BCUT2D eigenvalue weighted by Crippen LogP contribution is -2.39. The normalized spacial score (nSPS) is 11.3. The Labute approximate surface area is 103 Å². The van der Waals surface area contributed by atoms with E-state index >= 15 is 0 Å². The van der Waals surface area contributed by atoms with Gasteiger partial charge in [0.25, 0.3) is 0 Å². The summed E-state index contributed by atoms with van der Waals surface area (Å²) < 4.78 is 10.5. The number of ketones is 1. The molecule has 0 saturated heterocycles. The fourth-order valence-electron chi connectivity index (χ4n) is 1.96. The van der Waals surface area contributed by atoms with Gasteiger partial charge in [0.05, 0.1) is 7.11 Å². The maximum atomic E-state index is 12.4. The Hall–Kier alpha value is -1.35. The van der Waals surface area contributed by atoms with Crippen molar-refractivity contribution in [3.8, 4) is 5.75 Å². The van der Waals surface area contributed by atoms with Crippen molar-refractivity contribution in [1.82, 2.24) is 0 Å². The van der Waals surface area contributed by atoms with Crippen molar-refractivity contribution in [2.45, 2.75) is 32.3 Å². The lowest BCUT2D eigenvalue weighted by molar-refractivity contribution is -0.00261. The Bertz CT molecular complexity index is 355. The quantitative estimate of drug-likeness (QED) is 0.712. The maximum absolute atomic E-state index is 12.4. The van der Waals surface area contributed by atoms with Crippen molar-refractivity contribution in [3.05, 3.63) is 29.8 Å². The van der Waals surface area contributed by atoms with Crippen LogP contribution in [-0.2, 0) is 4.74 Å². The first-order chi connectivity index (χ1) is 8.13. The fourth-order valence-corrected chi connectivity index (χ4v) is 1.96. The lowest BCUT2D eigenvalue weighted by atomic mass is 9.87. The third-order valence-corrected chi connectivity index (χ3v) is 3.30. The molecule has 94 valence electrons. The van der Waals surface area contributed by atoms with Crippen LogP contribution in [-0.4, -0.2) is 25.6 Å². The van der Waals surface area contributed by atoms with Crippen LogP contribution in [0.25, 0.3) is 0 Å². The van der Waals surface area contributed by atoms with Crippen LogP contribution in [0, 0.1) is 0 Å². The van der Waals surface area contributed by atoms with Gasteiger partial charge in [-0.1, -0.05) is 13.8 Å². The van der Waals surface area contributed by atoms with Gasteiger partial charge in [0.15, 0.2) is 5.78 Å². The largest absolute Gasteiger partial charge is 0.497 e. The molecule has 0 aliphatic rings. The van der Waals surface area contributed by atoms with E-state index in [0.717, 1.165) is 5.75 Å². The van der Waals surface area contributed by atoms with E-state index < -0.39 is 5.60 Å². The zero-order chi connectivity index (χ0) is 12.9. The van der Waals surface area contributed by atoms with Crippen molar-refractivity contribution in [2.75, 3.05) is 14.2 Å². The Kier molecular flexibility index (Phi) is 4.70. The summed E-state index contributed by atoms with van der Waals surface area (Å²) in [6.45, 7) is 3.93. The molecule has 1 aromatic carbocycles. The van der Waals surface area contributed by atoms with Gasteiger partial charge < -0.3 is 9.47 Å². The monoisotopic (exact) mass is 236 g/mol. The van der Waals surface area contributed by atoms with Crippen LogP contribution in [0.5, 0.6) is 5.75 Å². The minimum Gasteiger partial charge on any atom is -0.497 e. The van der Waals surface area contributed by atoms with E-state index in [1.54, 1.807) is 38.5 Å². The molecular weight excluding hydrogens is 216 g/mol. The number of methoxy groups -OCH3 is 2. The zero-order valence-electron chi connectivity index (χ0n) is 10.9. The zero-order valence-corrected chi connectivity index (χ0v) is 10.9. The molecule has 0 saturated carbocycles. The van der Waals surface area contributed by atoms with Gasteiger partial charge in [0, 0.05) is 12.7 Å². The van der Waals surface area contributed by atoms with Gasteiger partial charge in [-0.3, -0.25) is 4.79 Å². The molecule has 0 heterocycles. The van der Waals surface area contributed by atoms with E-state index in [2.05, 4.69) is 0 Å². The standard InChI is InChI=1S/C14H20O3/c1-5-14(6-2,17-4)13(15)11-7-9-12(16-3)10-8-11/h7-10H,5-6H2,1-4H3. The fraction of sp³-hybridized carbons (Fsp3) is 0.500. The SMILES string of the molecule is CCC(CC)(OC)C(=O)c1ccc(OC)cc1. The summed E-state index contributed by atoms with van der Waals surface area (Å²) in [6, 6.07) is 7.14. The second kappa shape index (κ2) is 5.82. The molecule has 3 heteroatoms. The van der Waals surface area contributed by atoms with E-state index in [4.69, 9.17) is 9.47 Å². The summed E-state index contributed by atoms with van der Waals surface area (Å²) in [4.78, 5) is 12.4. The van der Waals surface area contributed by atoms with Crippen LogP contribution in [0.4, 0.5) is 0 Å². The van der Waals surface area contributed by atoms with E-state index in [9.17, 15) is 4.79 Å². The van der Waals surface area contributed by atoms with Gasteiger partial charge in [0.1, 0.15) is 11.4 Å². The van der Waals surface area contributed by atoms with Crippen molar-refractivity contribution in [2.24, 2.45) is 0 Å². The lowest BCUT2D eigenvalue weighted by Gasteiger charge is -2.28. The van der Waals surface area contributed by atoms with Gasteiger partial charge in [0.2, 0.25) is 0 Å². The molecule has 17 heavy (non-hydrogen) atoms. The van der Waals surface area contributed by atoms with Gasteiger partial charge in [-0.15, -0.1) is 0 Å². The first kappa shape index (κ1) is 13.7. The Morgan fingerprint density at radius 1 is 1.12 bits per heavy atom. The molecular formula is C14H20O3. The first-order valence-corrected chi connectivity index (χ1v) is 5.87. The molecule has 0 aliphatic carbocycles. The van der Waals surface area contributed by atoms with Crippen molar-refractivity contribution in [3.63, 3.8) is 0 Å². The van der Waals surface area contributed by atoms with Crippen molar-refractivity contribution in [1.29, 1.82) is 0 Å². The number of carbonyl (C=O) groups is 1. The average Bonchev–Trinajstić information content (AvgIpc) is 2.41. The highest BCUT2D eigenvalue weighted by Crippen LogP contribution is 2.25. The minimum absolute atomic E-state index is 0.0349. The maximum Gasteiger partial charge on any atom is 0.194 e. The van der Waals surface area contributed by atoms with Gasteiger partial charge in [-0.2, -0.15) is 0 Å². The van der Waals surface area contributed by atoms with Crippen LogP contribution in [0.2, 0.25) is 0 Å². The van der Waals surface area contributed by atoms with Crippen LogP contribution >= 0.6 is 0 Å². The highest BCUT2D eigenvalue weighted by molar-refractivity contribution is 6.02. The van der Waals surface area contributed by atoms with E-state index in [0.29, 0.717) is 18.4 Å². The van der Waals surface area contributed by atoms with Crippen molar-refractivity contribution >= 4 is 5.78 Å². The molecule has 0 aromatic heterocycles. The topological polar surface area (TPSA) is 35.5 Å². The first-order valence-electron chi connectivity index (χ1n) is 5.87. The average molecular weight is 236 g/mol. The number of hydrogen-bond acceptors (Lipinski definition) is 3. The Balaban J connectivity index is 3.01. The minimum atomic E-state index is -0.700. The third kappa shape index (κ3) is 2.67. The molecule has 0 aliphatic heterocycles. The molecule has 0 unspecified atom stereocenters. The second-order valence-corrected chi connectivity index (χ2v) is 3.96. The van der Waals surface area contributed by atoms with Crippen LogP contribution in [0.15, 0.2) is 24.3 Å². The smallest absolute Gasteiger partial charge is 0.194 e. The predicted octanol–water partition coefficient (Wildman–Crippen LogP) is 3.08.